The van der Waals surface area contributed by atoms with Gasteiger partial charge >= 0.3 is 17.6 Å². The first-order chi connectivity index (χ1) is 27.6. The predicted molar refractivity (Wildman–Crippen MR) is 207 cm³/mol. The van der Waals surface area contributed by atoms with Crippen LogP contribution in [0.5, 0.6) is 0 Å². The fourth-order valence-electron chi connectivity index (χ4n) is 6.35. The number of nitrogens with zero attached hydrogens (tertiary/aromatic N) is 7. The van der Waals surface area contributed by atoms with Gasteiger partial charge in [0.05, 0.1) is 37.0 Å². The number of oxime groups is 2. The van der Waals surface area contributed by atoms with Crippen LogP contribution >= 0.6 is 34.7 Å². The highest BCUT2D eigenvalue weighted by Gasteiger charge is 2.54. The maximum atomic E-state index is 15.5. The summed E-state index contributed by atoms with van der Waals surface area (Å²) in [6.45, 7) is 3.73. The number of thiazole rings is 1. The smallest absolute Gasteiger partial charge is 0.352 e. The number of anilines is 1. The molecule has 7 rings (SSSR count). The molecule has 6 heterocycles. The number of ether oxygens (including phenoxy) is 1. The molecule has 2 saturated heterocycles. The third-order valence-corrected chi connectivity index (χ3v) is 11.9. The largest absolute Gasteiger partial charge is 0.478 e. The van der Waals surface area contributed by atoms with Gasteiger partial charge in [0.1, 0.15) is 47.5 Å². The number of carbonyl (C=O) groups excluding carboxylic acids is 2. The van der Waals surface area contributed by atoms with Crippen LogP contribution in [0.1, 0.15) is 43.5 Å². The SMILES string of the molecule is CC(C)(O/N=C(\C(=O)N[C@@H]1C(=O)N2C(C(=O)O)=C(Cn3ccc4n3cc[n+]4Cc3c(F)cc(/C(N)=N/OC4CCOCC4)cc3Cl)CS[C@H]12)c1csc(N)n1)C(=O)O. The molecule has 0 spiro atoms. The number of amidine groups is 1. The summed E-state index contributed by atoms with van der Waals surface area (Å²) in [6, 6.07) is 3.40. The number of aromatic nitrogens is 4. The number of hydrogen-bond donors (Lipinski definition) is 5. The molecule has 3 aliphatic rings. The predicted octanol–water partition coefficient (Wildman–Crippen LogP) is 1.75. The van der Waals surface area contributed by atoms with Crippen molar-refractivity contribution >= 4 is 80.8 Å². The number of fused-ring (bicyclic) bond motifs is 2. The minimum absolute atomic E-state index is 0.00669. The lowest BCUT2D eigenvalue weighted by molar-refractivity contribution is -0.662. The normalized spacial score (nSPS) is 19.2. The van der Waals surface area contributed by atoms with E-state index in [4.69, 9.17) is 37.5 Å². The Balaban J connectivity index is 1.05. The maximum absolute atomic E-state index is 15.5. The molecule has 19 nitrogen and oxygen atoms in total. The van der Waals surface area contributed by atoms with Crippen LogP contribution in [-0.2, 0) is 46.7 Å². The van der Waals surface area contributed by atoms with E-state index >= 15 is 4.39 Å². The molecule has 306 valence electrons. The lowest BCUT2D eigenvalue weighted by Gasteiger charge is -2.49. The van der Waals surface area contributed by atoms with E-state index in [9.17, 15) is 29.4 Å². The average Bonchev–Trinajstić information content (AvgIpc) is 3.92. The number of benzene rings is 1. The molecule has 0 radical (unpaired) electrons. The first-order valence-corrected chi connectivity index (χ1v) is 20.0. The molecule has 2 atom stereocenters. The van der Waals surface area contributed by atoms with E-state index < -0.39 is 52.3 Å². The topological polar surface area (TPSA) is 255 Å². The van der Waals surface area contributed by atoms with Gasteiger partial charge in [-0.25, -0.2) is 28.2 Å². The second-order valence-electron chi connectivity index (χ2n) is 13.9. The van der Waals surface area contributed by atoms with Gasteiger partial charge in [0.15, 0.2) is 22.9 Å². The van der Waals surface area contributed by atoms with Gasteiger partial charge in [-0.15, -0.1) is 27.6 Å². The molecule has 0 unspecified atom stereocenters. The number of nitrogens with one attached hydrogen (secondary N) is 1. The molecule has 4 aromatic rings. The van der Waals surface area contributed by atoms with Gasteiger partial charge in [-0.05, 0) is 31.6 Å². The molecular weight excluding hydrogens is 823 g/mol. The molecule has 7 N–H and O–H groups in total. The third kappa shape index (κ3) is 8.04. The number of carbonyl (C=O) groups is 4. The summed E-state index contributed by atoms with van der Waals surface area (Å²) in [5.74, 6) is -4.66. The second kappa shape index (κ2) is 16.3. The van der Waals surface area contributed by atoms with Gasteiger partial charge in [-0.2, -0.15) is 0 Å². The van der Waals surface area contributed by atoms with Crippen LogP contribution in [0.2, 0.25) is 5.02 Å². The molecule has 1 aromatic carbocycles. The van der Waals surface area contributed by atoms with Crippen LogP contribution < -0.4 is 21.4 Å². The number of nitrogen functional groups attached to an aromatic ring is 1. The van der Waals surface area contributed by atoms with Crippen molar-refractivity contribution in [3.63, 3.8) is 0 Å². The summed E-state index contributed by atoms with van der Waals surface area (Å²) < 4.78 is 26.1. The third-order valence-electron chi connectivity index (χ3n) is 9.57. The summed E-state index contributed by atoms with van der Waals surface area (Å²) in [6.07, 6.45) is 6.39. The van der Waals surface area contributed by atoms with E-state index in [1.165, 1.54) is 43.1 Å². The number of aliphatic carboxylic acids is 2. The number of imidazole rings is 1. The van der Waals surface area contributed by atoms with Crippen molar-refractivity contribution in [3.05, 3.63) is 81.1 Å². The standard InChI is InChI=1S/C35H36ClFN10O9S2/c1-35(2,33(52)53)56-42-25(23-16-58-34(39)40-23)29(48)41-26-30(49)47-27(32(50)51)18(15-57-31(26)47)13-45-6-3-24-44(7-8-46(24)45)14-20-21(36)11-17(12-22(20)37)28(38)43-55-19-4-9-54-10-5-19/h3,6-8,11-12,16,19,26,31H,4-5,9-10,13-15H2,1-2H3,(H6-,38,39,40,41,43,48,50,51,52,53)/p+1/b42-25-/t26-,31-/m1/s1. The molecular formula is C35H37ClFN10O9S2+. The summed E-state index contributed by atoms with van der Waals surface area (Å²) in [5, 5.41) is 30.9. The number of amides is 2. The van der Waals surface area contributed by atoms with Crippen molar-refractivity contribution in [2.75, 3.05) is 24.7 Å². The zero-order valence-corrected chi connectivity index (χ0v) is 33.2. The number of thioether (sulfide) groups is 1. The lowest BCUT2D eigenvalue weighted by Crippen LogP contribution is -2.71. The maximum Gasteiger partial charge on any atom is 0.352 e. The van der Waals surface area contributed by atoms with E-state index in [0.717, 1.165) is 16.2 Å². The molecule has 3 aromatic heterocycles. The van der Waals surface area contributed by atoms with Gasteiger partial charge < -0.3 is 41.4 Å². The van der Waals surface area contributed by atoms with E-state index in [1.54, 1.807) is 38.4 Å². The van der Waals surface area contributed by atoms with Crippen molar-refractivity contribution in [1.29, 1.82) is 0 Å². The fraction of sp³-hybridized carbons (Fsp3) is 0.371. The molecule has 3 aliphatic heterocycles. The van der Waals surface area contributed by atoms with Crippen molar-refractivity contribution in [2.45, 2.75) is 62.9 Å². The van der Waals surface area contributed by atoms with Crippen molar-refractivity contribution in [3.8, 4) is 0 Å². The molecule has 0 saturated carbocycles. The average molecular weight is 860 g/mol. The van der Waals surface area contributed by atoms with Gasteiger partial charge in [0, 0.05) is 35.1 Å². The van der Waals surface area contributed by atoms with Gasteiger partial charge in [-0.1, -0.05) is 21.9 Å². The van der Waals surface area contributed by atoms with Crippen molar-refractivity contribution < 1.29 is 52.8 Å². The molecule has 2 fully saturated rings. The Bertz CT molecular complexity index is 2380. The van der Waals surface area contributed by atoms with Crippen LogP contribution in [0.25, 0.3) is 5.65 Å². The Morgan fingerprint density at radius 2 is 1.97 bits per heavy atom. The Morgan fingerprint density at radius 1 is 1.21 bits per heavy atom. The monoisotopic (exact) mass is 859 g/mol. The first kappa shape index (κ1) is 40.5. The number of halogens is 2. The summed E-state index contributed by atoms with van der Waals surface area (Å²) >= 11 is 8.81. The van der Waals surface area contributed by atoms with Crippen LogP contribution in [0.3, 0.4) is 0 Å². The zero-order chi connectivity index (χ0) is 41.5. The van der Waals surface area contributed by atoms with Crippen LogP contribution in [-0.4, -0.2) is 107 Å². The van der Waals surface area contributed by atoms with Gasteiger partial charge in [0.25, 0.3) is 11.8 Å². The number of nitrogens with two attached hydrogens (primary N) is 2. The molecule has 2 amide bonds. The number of rotatable bonds is 14. The van der Waals surface area contributed by atoms with Gasteiger partial charge in [-0.3, -0.25) is 14.5 Å². The van der Waals surface area contributed by atoms with Crippen LogP contribution in [0.4, 0.5) is 9.52 Å². The second-order valence-corrected chi connectivity index (χ2v) is 16.3. The highest BCUT2D eigenvalue weighted by molar-refractivity contribution is 8.00. The van der Waals surface area contributed by atoms with Crippen molar-refractivity contribution in [2.24, 2.45) is 16.0 Å². The quantitative estimate of drug-likeness (QED) is 0.0399. The van der Waals surface area contributed by atoms with Crippen molar-refractivity contribution in [1.82, 2.24) is 24.4 Å². The fourth-order valence-corrected chi connectivity index (χ4v) is 8.50. The summed E-state index contributed by atoms with van der Waals surface area (Å²) in [5.41, 5.74) is 10.9. The Kier molecular flexibility index (Phi) is 11.4. The zero-order valence-electron chi connectivity index (χ0n) is 30.8. The van der Waals surface area contributed by atoms with Crippen LogP contribution in [0.15, 0.2) is 63.8 Å². The Morgan fingerprint density at radius 3 is 2.64 bits per heavy atom. The first-order valence-electron chi connectivity index (χ1n) is 17.7. The minimum atomic E-state index is -1.80. The number of β-lactam (4-membered cyclic amide) rings is 1. The number of hydrogen-bond acceptors (Lipinski definition) is 13. The van der Waals surface area contributed by atoms with E-state index in [-0.39, 0.29) is 63.5 Å². The van der Waals surface area contributed by atoms with E-state index in [0.29, 0.717) is 37.3 Å². The highest BCUT2D eigenvalue weighted by atomic mass is 35.5. The lowest BCUT2D eigenvalue weighted by atomic mass is 10.0. The molecule has 0 bridgehead atoms. The van der Waals surface area contributed by atoms with Crippen LogP contribution in [0, 0.1) is 5.82 Å². The number of carboxylic acid groups (broad SMARTS) is 2. The summed E-state index contributed by atoms with van der Waals surface area (Å²) in [7, 11) is 0. The van der Waals surface area contributed by atoms with E-state index in [1.807, 2.05) is 0 Å². The molecule has 23 heteroatoms. The van der Waals surface area contributed by atoms with Gasteiger partial charge in [0.2, 0.25) is 5.60 Å². The Labute approximate surface area is 341 Å². The summed E-state index contributed by atoms with van der Waals surface area (Å²) in [4.78, 5) is 67.0. The van der Waals surface area contributed by atoms with E-state index in [2.05, 4.69) is 20.6 Å². The molecule has 58 heavy (non-hydrogen) atoms. The number of carboxylic acids is 2. The minimum Gasteiger partial charge on any atom is -0.478 e. The molecule has 0 aliphatic carbocycles. The highest BCUT2D eigenvalue weighted by Crippen LogP contribution is 2.41. The Hall–Kier alpha value is -5.71.